The molecule has 7 heteroatoms. The van der Waals surface area contributed by atoms with Crippen LogP contribution in [-0.4, -0.2) is 54.5 Å². The van der Waals surface area contributed by atoms with Crippen LogP contribution in [0.3, 0.4) is 0 Å². The highest BCUT2D eigenvalue weighted by Gasteiger charge is 2.40. The van der Waals surface area contributed by atoms with Crippen LogP contribution < -0.4 is 0 Å². The highest BCUT2D eigenvalue weighted by atomic mass is 32.2. The van der Waals surface area contributed by atoms with Gasteiger partial charge in [0.15, 0.2) is 0 Å². The molecule has 0 aromatic carbocycles. The standard InChI is InChI=1S/C13H21N3O3S/c1-2-12-8-15-6-3-4-13(15)9-16(12)20(17,18)10-11-5-7-19-14-11/h5,7,12-13H,2-4,6,8-10H2,1H3. The van der Waals surface area contributed by atoms with Gasteiger partial charge >= 0.3 is 0 Å². The SMILES string of the molecule is CCC1CN2CCCC2CN1S(=O)(=O)Cc1ccon1. The van der Waals surface area contributed by atoms with E-state index < -0.39 is 10.0 Å². The first kappa shape index (κ1) is 14.0. The third kappa shape index (κ3) is 2.62. The van der Waals surface area contributed by atoms with Crippen LogP contribution in [-0.2, 0) is 15.8 Å². The summed E-state index contributed by atoms with van der Waals surface area (Å²) in [5.41, 5.74) is 0.480. The summed E-state index contributed by atoms with van der Waals surface area (Å²) in [5.74, 6) is -0.0628. The number of piperazine rings is 1. The molecule has 0 N–H and O–H groups in total. The fourth-order valence-corrected chi connectivity index (χ4v) is 5.07. The minimum absolute atomic E-state index is 0.0628. The first-order chi connectivity index (χ1) is 9.60. The topological polar surface area (TPSA) is 66.7 Å². The summed E-state index contributed by atoms with van der Waals surface area (Å²) in [6.45, 7) is 4.65. The van der Waals surface area contributed by atoms with E-state index in [0.29, 0.717) is 18.3 Å². The van der Waals surface area contributed by atoms with Gasteiger partial charge < -0.3 is 4.52 Å². The van der Waals surface area contributed by atoms with Gasteiger partial charge in [-0.05, 0) is 25.8 Å². The summed E-state index contributed by atoms with van der Waals surface area (Å²) in [7, 11) is -3.32. The van der Waals surface area contributed by atoms with Gasteiger partial charge in [-0.15, -0.1) is 0 Å². The first-order valence-electron chi connectivity index (χ1n) is 7.23. The van der Waals surface area contributed by atoms with E-state index in [0.717, 1.165) is 25.9 Å². The van der Waals surface area contributed by atoms with E-state index in [1.54, 1.807) is 10.4 Å². The van der Waals surface area contributed by atoms with E-state index in [9.17, 15) is 8.42 Å². The molecule has 112 valence electrons. The van der Waals surface area contributed by atoms with Crippen LogP contribution in [0.15, 0.2) is 16.9 Å². The van der Waals surface area contributed by atoms with Crippen LogP contribution in [0.2, 0.25) is 0 Å². The zero-order valence-corrected chi connectivity index (χ0v) is 12.6. The van der Waals surface area contributed by atoms with Crippen molar-refractivity contribution in [2.24, 2.45) is 0 Å². The summed E-state index contributed by atoms with van der Waals surface area (Å²) in [5, 5.41) is 3.72. The maximum absolute atomic E-state index is 12.6. The van der Waals surface area contributed by atoms with Gasteiger partial charge in [0.25, 0.3) is 0 Å². The zero-order chi connectivity index (χ0) is 14.2. The molecule has 3 heterocycles. The van der Waals surface area contributed by atoms with Gasteiger partial charge in [-0.3, -0.25) is 4.90 Å². The quantitative estimate of drug-likeness (QED) is 0.832. The predicted octanol–water partition coefficient (Wildman–Crippen LogP) is 1.06. The van der Waals surface area contributed by atoms with Crippen molar-refractivity contribution in [1.82, 2.24) is 14.4 Å². The van der Waals surface area contributed by atoms with E-state index in [1.807, 2.05) is 0 Å². The molecular weight excluding hydrogens is 278 g/mol. The van der Waals surface area contributed by atoms with Crippen LogP contribution in [0.4, 0.5) is 0 Å². The Hall–Kier alpha value is -0.920. The second-order valence-electron chi connectivity index (χ2n) is 5.67. The van der Waals surface area contributed by atoms with E-state index in [1.165, 1.54) is 12.7 Å². The molecule has 0 radical (unpaired) electrons. The molecule has 0 aliphatic carbocycles. The third-order valence-corrected chi connectivity index (χ3v) is 6.21. The van der Waals surface area contributed by atoms with Crippen molar-refractivity contribution in [2.45, 2.75) is 44.0 Å². The summed E-state index contributed by atoms with van der Waals surface area (Å²) in [4.78, 5) is 2.44. The van der Waals surface area contributed by atoms with Crippen LogP contribution in [0, 0.1) is 0 Å². The van der Waals surface area contributed by atoms with E-state index in [4.69, 9.17) is 4.52 Å². The fourth-order valence-electron chi connectivity index (χ4n) is 3.32. The molecule has 2 atom stereocenters. The van der Waals surface area contributed by atoms with Crippen molar-refractivity contribution < 1.29 is 12.9 Å². The Kier molecular flexibility index (Phi) is 3.83. The Labute approximate surface area is 119 Å². The number of fused-ring (bicyclic) bond motifs is 1. The maximum Gasteiger partial charge on any atom is 0.220 e. The molecule has 2 fully saturated rings. The van der Waals surface area contributed by atoms with E-state index in [-0.39, 0.29) is 11.8 Å². The van der Waals surface area contributed by atoms with Gasteiger partial charge in [-0.25, -0.2) is 8.42 Å². The number of hydrogen-bond acceptors (Lipinski definition) is 5. The normalized spacial score (nSPS) is 28.6. The largest absolute Gasteiger partial charge is 0.364 e. The predicted molar refractivity (Wildman–Crippen MR) is 74.5 cm³/mol. The molecule has 2 aliphatic heterocycles. The van der Waals surface area contributed by atoms with Gasteiger partial charge in [-0.1, -0.05) is 12.1 Å². The molecule has 20 heavy (non-hydrogen) atoms. The molecule has 3 rings (SSSR count). The fraction of sp³-hybridized carbons (Fsp3) is 0.769. The lowest BCUT2D eigenvalue weighted by atomic mass is 10.1. The van der Waals surface area contributed by atoms with Crippen LogP contribution >= 0.6 is 0 Å². The number of nitrogens with zero attached hydrogens (tertiary/aromatic N) is 3. The smallest absolute Gasteiger partial charge is 0.220 e. The summed E-state index contributed by atoms with van der Waals surface area (Å²) >= 11 is 0. The molecule has 0 saturated carbocycles. The minimum atomic E-state index is -3.32. The molecule has 2 saturated heterocycles. The molecule has 1 aromatic heterocycles. The van der Waals surface area contributed by atoms with Gasteiger partial charge in [0.2, 0.25) is 10.0 Å². The number of aromatic nitrogens is 1. The monoisotopic (exact) mass is 299 g/mol. The molecule has 6 nitrogen and oxygen atoms in total. The highest BCUT2D eigenvalue weighted by molar-refractivity contribution is 7.88. The Balaban J connectivity index is 1.79. The number of sulfonamides is 1. The minimum Gasteiger partial charge on any atom is -0.364 e. The molecule has 0 spiro atoms. The van der Waals surface area contributed by atoms with Gasteiger partial charge in [0.1, 0.15) is 12.0 Å². The lowest BCUT2D eigenvalue weighted by molar-refractivity contribution is 0.106. The van der Waals surface area contributed by atoms with Crippen molar-refractivity contribution >= 4 is 10.0 Å². The van der Waals surface area contributed by atoms with Crippen LogP contribution in [0.5, 0.6) is 0 Å². The Bertz CT molecular complexity index is 543. The average Bonchev–Trinajstić information content (AvgIpc) is 3.06. The van der Waals surface area contributed by atoms with E-state index >= 15 is 0 Å². The average molecular weight is 299 g/mol. The molecule has 1 aromatic rings. The summed E-state index contributed by atoms with van der Waals surface area (Å²) in [6, 6.07) is 2.09. The van der Waals surface area contributed by atoms with Crippen LogP contribution in [0.25, 0.3) is 0 Å². The third-order valence-electron chi connectivity index (χ3n) is 4.39. The molecule has 2 unspecified atom stereocenters. The molecular formula is C13H21N3O3S. The lowest BCUT2D eigenvalue weighted by Crippen LogP contribution is -2.57. The van der Waals surface area contributed by atoms with Crippen LogP contribution in [0.1, 0.15) is 31.9 Å². The lowest BCUT2D eigenvalue weighted by Gasteiger charge is -2.42. The second-order valence-corrected chi connectivity index (χ2v) is 7.59. The van der Waals surface area contributed by atoms with Crippen molar-refractivity contribution in [1.29, 1.82) is 0 Å². The summed E-state index contributed by atoms with van der Waals surface area (Å²) in [6.07, 6.45) is 4.54. The van der Waals surface area contributed by atoms with Gasteiger partial charge in [0, 0.05) is 31.2 Å². The molecule has 2 aliphatic rings. The zero-order valence-electron chi connectivity index (χ0n) is 11.7. The second kappa shape index (κ2) is 5.46. The Morgan fingerprint density at radius 2 is 2.30 bits per heavy atom. The van der Waals surface area contributed by atoms with Crippen molar-refractivity contribution in [3.05, 3.63) is 18.0 Å². The van der Waals surface area contributed by atoms with Crippen molar-refractivity contribution in [3.63, 3.8) is 0 Å². The molecule has 0 amide bonds. The van der Waals surface area contributed by atoms with Crippen molar-refractivity contribution in [3.8, 4) is 0 Å². The Morgan fingerprint density at radius 1 is 1.45 bits per heavy atom. The maximum atomic E-state index is 12.6. The van der Waals surface area contributed by atoms with Crippen molar-refractivity contribution in [2.75, 3.05) is 19.6 Å². The van der Waals surface area contributed by atoms with Gasteiger partial charge in [0.05, 0.1) is 5.69 Å². The Morgan fingerprint density at radius 3 is 3.00 bits per heavy atom. The summed E-state index contributed by atoms with van der Waals surface area (Å²) < 4.78 is 31.7. The molecule has 0 bridgehead atoms. The van der Waals surface area contributed by atoms with Gasteiger partial charge in [-0.2, -0.15) is 4.31 Å². The number of hydrogen-bond donors (Lipinski definition) is 0. The highest BCUT2D eigenvalue weighted by Crippen LogP contribution is 2.28. The van der Waals surface area contributed by atoms with E-state index in [2.05, 4.69) is 17.0 Å². The first-order valence-corrected chi connectivity index (χ1v) is 8.84. The number of rotatable bonds is 4.